The number of carbonyl (C=O) groups is 3. The minimum Gasteiger partial charge on any atom is -0.462 e. The van der Waals surface area contributed by atoms with Gasteiger partial charge in [-0.3, -0.25) is 9.59 Å². The van der Waals surface area contributed by atoms with Crippen LogP contribution in [0.25, 0.3) is 0 Å². The first-order chi connectivity index (χ1) is 15.5. The van der Waals surface area contributed by atoms with Crippen molar-refractivity contribution in [2.45, 2.75) is 110 Å². The van der Waals surface area contributed by atoms with E-state index in [9.17, 15) is 14.4 Å². The third-order valence-electron chi connectivity index (χ3n) is 8.30. The highest BCUT2D eigenvalue weighted by molar-refractivity contribution is 5.92. The maximum atomic E-state index is 12.7. The van der Waals surface area contributed by atoms with Crippen LogP contribution in [0.15, 0.2) is 22.8 Å². The first-order valence-electron chi connectivity index (χ1n) is 12.1. The topological polar surface area (TPSA) is 91.4 Å². The van der Waals surface area contributed by atoms with Gasteiger partial charge in [-0.2, -0.15) is 0 Å². The van der Waals surface area contributed by atoms with E-state index in [-0.39, 0.29) is 29.9 Å². The molecule has 2 heterocycles. The zero-order valence-corrected chi connectivity index (χ0v) is 20.6. The SMILES string of the molecule is CCCC(=O)OC1CCC(C)=CC2OC(=O)C(C)=C2CC2C3(C)OC3CC(OC(C)=O)C12C. The van der Waals surface area contributed by atoms with Gasteiger partial charge in [0.15, 0.2) is 0 Å². The summed E-state index contributed by atoms with van der Waals surface area (Å²) in [6, 6.07) is 0. The fourth-order valence-electron chi connectivity index (χ4n) is 6.24. The molecule has 0 aromatic heterocycles. The van der Waals surface area contributed by atoms with E-state index >= 15 is 0 Å². The van der Waals surface area contributed by atoms with Crippen LogP contribution in [-0.2, 0) is 33.3 Å². The highest BCUT2D eigenvalue weighted by Crippen LogP contribution is 2.63. The van der Waals surface area contributed by atoms with Gasteiger partial charge in [0.2, 0.25) is 0 Å². The second-order valence-electron chi connectivity index (χ2n) is 10.5. The van der Waals surface area contributed by atoms with Gasteiger partial charge in [-0.15, -0.1) is 0 Å². The van der Waals surface area contributed by atoms with Crippen LogP contribution in [0.5, 0.6) is 0 Å². The number of epoxide rings is 1. The van der Waals surface area contributed by atoms with E-state index in [2.05, 4.69) is 13.8 Å². The largest absolute Gasteiger partial charge is 0.462 e. The fourth-order valence-corrected chi connectivity index (χ4v) is 6.24. The molecule has 0 N–H and O–H groups in total. The summed E-state index contributed by atoms with van der Waals surface area (Å²) < 4.78 is 23.9. The Labute approximate surface area is 195 Å². The summed E-state index contributed by atoms with van der Waals surface area (Å²) >= 11 is 0. The molecule has 182 valence electrons. The lowest BCUT2D eigenvalue weighted by molar-refractivity contribution is -0.188. The second-order valence-corrected chi connectivity index (χ2v) is 10.5. The third-order valence-corrected chi connectivity index (χ3v) is 8.30. The van der Waals surface area contributed by atoms with E-state index in [1.165, 1.54) is 6.92 Å². The summed E-state index contributed by atoms with van der Waals surface area (Å²) in [6.07, 6.45) is 4.11. The normalized spacial score (nSPS) is 40.0. The molecule has 0 aromatic carbocycles. The van der Waals surface area contributed by atoms with Crippen molar-refractivity contribution < 1.29 is 33.3 Å². The Bertz CT molecular complexity index is 918. The van der Waals surface area contributed by atoms with E-state index in [1.54, 1.807) is 0 Å². The Balaban J connectivity index is 1.83. The van der Waals surface area contributed by atoms with Gasteiger partial charge in [-0.05, 0) is 58.1 Å². The molecule has 0 aromatic rings. The highest BCUT2D eigenvalue weighted by Gasteiger charge is 2.71. The molecule has 0 radical (unpaired) electrons. The Hall–Kier alpha value is -2.15. The second kappa shape index (κ2) is 8.57. The Morgan fingerprint density at radius 3 is 2.58 bits per heavy atom. The molecule has 0 bridgehead atoms. The zero-order valence-electron chi connectivity index (χ0n) is 20.6. The number of hydrogen-bond acceptors (Lipinski definition) is 7. The van der Waals surface area contributed by atoms with E-state index in [4.69, 9.17) is 18.9 Å². The molecule has 2 fully saturated rings. The predicted octanol–water partition coefficient (Wildman–Crippen LogP) is 4.19. The number of ether oxygens (including phenoxy) is 4. The molecule has 0 amide bonds. The van der Waals surface area contributed by atoms with Crippen molar-refractivity contribution in [1.82, 2.24) is 0 Å². The van der Waals surface area contributed by atoms with Crippen molar-refractivity contribution in [3.05, 3.63) is 22.8 Å². The van der Waals surface area contributed by atoms with Gasteiger partial charge >= 0.3 is 17.9 Å². The highest BCUT2D eigenvalue weighted by atomic mass is 16.6. The van der Waals surface area contributed by atoms with Crippen molar-refractivity contribution in [3.8, 4) is 0 Å². The first kappa shape index (κ1) is 24.0. The average Bonchev–Trinajstić information content (AvgIpc) is 3.31. The van der Waals surface area contributed by atoms with Gasteiger partial charge in [-0.25, -0.2) is 4.79 Å². The van der Waals surface area contributed by atoms with Gasteiger partial charge in [0.1, 0.15) is 18.3 Å². The van der Waals surface area contributed by atoms with Gasteiger partial charge < -0.3 is 18.9 Å². The van der Waals surface area contributed by atoms with Gasteiger partial charge in [0, 0.05) is 36.7 Å². The first-order valence-corrected chi connectivity index (χ1v) is 12.1. The number of fused-ring (bicyclic) bond motifs is 4. The maximum absolute atomic E-state index is 12.7. The summed E-state index contributed by atoms with van der Waals surface area (Å²) in [7, 11) is 0. The van der Waals surface area contributed by atoms with Crippen molar-refractivity contribution in [1.29, 1.82) is 0 Å². The molecular weight excluding hydrogens is 424 g/mol. The van der Waals surface area contributed by atoms with Crippen LogP contribution >= 0.6 is 0 Å². The van der Waals surface area contributed by atoms with Crippen LogP contribution in [0.1, 0.15) is 80.1 Å². The predicted molar refractivity (Wildman–Crippen MR) is 120 cm³/mol. The van der Waals surface area contributed by atoms with Crippen molar-refractivity contribution in [3.63, 3.8) is 0 Å². The van der Waals surface area contributed by atoms with Crippen LogP contribution in [-0.4, -0.2) is 47.9 Å². The van der Waals surface area contributed by atoms with Crippen molar-refractivity contribution >= 4 is 17.9 Å². The zero-order chi connectivity index (χ0) is 24.1. The summed E-state index contributed by atoms with van der Waals surface area (Å²) in [5.74, 6) is -1.01. The number of hydrogen-bond donors (Lipinski definition) is 0. The molecule has 4 aliphatic rings. The van der Waals surface area contributed by atoms with Crippen LogP contribution in [0.4, 0.5) is 0 Å². The van der Waals surface area contributed by atoms with Crippen molar-refractivity contribution in [2.75, 3.05) is 0 Å². The molecule has 4 rings (SSSR count). The molecule has 7 atom stereocenters. The van der Waals surface area contributed by atoms with E-state index < -0.39 is 29.3 Å². The Kier molecular flexibility index (Phi) is 6.23. The maximum Gasteiger partial charge on any atom is 0.334 e. The van der Waals surface area contributed by atoms with Crippen LogP contribution in [0.2, 0.25) is 0 Å². The molecule has 2 aliphatic carbocycles. The third kappa shape index (κ3) is 4.13. The molecule has 7 nitrogen and oxygen atoms in total. The molecule has 2 aliphatic heterocycles. The summed E-state index contributed by atoms with van der Waals surface area (Å²) in [5.41, 5.74) is 1.52. The number of esters is 3. The summed E-state index contributed by atoms with van der Waals surface area (Å²) in [6.45, 7) is 11.3. The average molecular weight is 461 g/mol. The molecule has 7 heteroatoms. The Morgan fingerprint density at radius 2 is 1.91 bits per heavy atom. The van der Waals surface area contributed by atoms with Crippen LogP contribution in [0.3, 0.4) is 0 Å². The van der Waals surface area contributed by atoms with Crippen molar-refractivity contribution in [2.24, 2.45) is 11.3 Å². The quantitative estimate of drug-likeness (QED) is 0.269. The number of rotatable bonds is 4. The number of carbonyl (C=O) groups excluding carboxylic acids is 3. The lowest BCUT2D eigenvalue weighted by Crippen LogP contribution is -2.59. The van der Waals surface area contributed by atoms with Gasteiger partial charge in [0.25, 0.3) is 0 Å². The van der Waals surface area contributed by atoms with Crippen LogP contribution in [0, 0.1) is 11.3 Å². The minimum atomic E-state index is -0.683. The smallest absolute Gasteiger partial charge is 0.334 e. The molecule has 0 spiro atoms. The monoisotopic (exact) mass is 460 g/mol. The van der Waals surface area contributed by atoms with E-state index in [0.717, 1.165) is 11.1 Å². The van der Waals surface area contributed by atoms with Gasteiger partial charge in [-0.1, -0.05) is 19.4 Å². The molecular formula is C26H36O7. The van der Waals surface area contributed by atoms with E-state index in [1.807, 2.05) is 26.8 Å². The molecule has 33 heavy (non-hydrogen) atoms. The molecule has 7 unspecified atom stereocenters. The number of allylic oxidation sites excluding steroid dienone is 1. The van der Waals surface area contributed by atoms with Crippen LogP contribution < -0.4 is 0 Å². The summed E-state index contributed by atoms with van der Waals surface area (Å²) in [5, 5.41) is 0. The summed E-state index contributed by atoms with van der Waals surface area (Å²) in [4.78, 5) is 37.3. The molecule has 1 saturated heterocycles. The standard InChI is InChI=1S/C26H36O7/c1-7-8-23(28)32-20-10-9-14(2)11-18-17(15(3)24(29)31-18)12-19-25(20,5)21(30-16(4)27)13-22-26(19,6)33-22/h11,18-22H,7-10,12-13H2,1-6H3. The van der Waals surface area contributed by atoms with Gasteiger partial charge in [0.05, 0.1) is 11.7 Å². The van der Waals surface area contributed by atoms with E-state index in [0.29, 0.717) is 44.1 Å². The fraction of sp³-hybridized carbons (Fsp3) is 0.731. The minimum absolute atomic E-state index is 0.0375. The molecule has 1 saturated carbocycles. The lowest BCUT2D eigenvalue weighted by atomic mass is 9.56. The Morgan fingerprint density at radius 1 is 1.18 bits per heavy atom. The lowest BCUT2D eigenvalue weighted by Gasteiger charge is -2.51.